The Labute approximate surface area is 206 Å². The van der Waals surface area contributed by atoms with Gasteiger partial charge in [-0.2, -0.15) is 0 Å². The molecule has 1 fully saturated rings. The van der Waals surface area contributed by atoms with E-state index < -0.39 is 5.97 Å². The van der Waals surface area contributed by atoms with Crippen molar-refractivity contribution in [2.45, 2.75) is 31.7 Å². The summed E-state index contributed by atoms with van der Waals surface area (Å²) in [7, 11) is 0. The van der Waals surface area contributed by atoms with E-state index >= 15 is 0 Å². The summed E-state index contributed by atoms with van der Waals surface area (Å²) in [6, 6.07) is 17.6. The SMILES string of the molecule is O=C(O)c1ccc2c(c1)nc(-c1ccc(C(=O)Nc3ccc(Cl)c(Cl)c3)cc1)n2C1CCCC1. The number of fused-ring (bicyclic) bond motifs is 1. The Morgan fingerprint density at radius 1 is 0.912 bits per heavy atom. The van der Waals surface area contributed by atoms with Gasteiger partial charge >= 0.3 is 5.97 Å². The topological polar surface area (TPSA) is 84.2 Å². The van der Waals surface area contributed by atoms with Gasteiger partial charge in [0.05, 0.1) is 26.6 Å². The van der Waals surface area contributed by atoms with E-state index in [9.17, 15) is 14.7 Å². The zero-order valence-electron chi connectivity index (χ0n) is 18.1. The van der Waals surface area contributed by atoms with Gasteiger partial charge in [0.25, 0.3) is 5.91 Å². The van der Waals surface area contributed by atoms with E-state index in [-0.39, 0.29) is 11.5 Å². The maximum atomic E-state index is 12.7. The number of rotatable bonds is 5. The number of carbonyl (C=O) groups excluding carboxylic acids is 1. The van der Waals surface area contributed by atoms with Gasteiger partial charge < -0.3 is 15.0 Å². The Morgan fingerprint density at radius 2 is 1.62 bits per heavy atom. The lowest BCUT2D eigenvalue weighted by molar-refractivity contribution is 0.0696. The summed E-state index contributed by atoms with van der Waals surface area (Å²) in [4.78, 5) is 29.0. The van der Waals surface area contributed by atoms with E-state index in [0.717, 1.165) is 42.6 Å². The summed E-state index contributed by atoms with van der Waals surface area (Å²) in [5.41, 5.74) is 3.71. The number of aromatic nitrogens is 2. The predicted molar refractivity (Wildman–Crippen MR) is 134 cm³/mol. The lowest BCUT2D eigenvalue weighted by Gasteiger charge is -2.17. The quantitative estimate of drug-likeness (QED) is 0.311. The second kappa shape index (κ2) is 9.12. The van der Waals surface area contributed by atoms with Crippen molar-refractivity contribution in [3.8, 4) is 11.4 Å². The maximum absolute atomic E-state index is 12.7. The Balaban J connectivity index is 1.48. The van der Waals surface area contributed by atoms with Gasteiger partial charge in [-0.1, -0.05) is 48.2 Å². The molecule has 0 saturated heterocycles. The average Bonchev–Trinajstić information content (AvgIpc) is 3.48. The molecule has 2 N–H and O–H groups in total. The van der Waals surface area contributed by atoms with Crippen LogP contribution >= 0.6 is 23.2 Å². The predicted octanol–water partition coefficient (Wildman–Crippen LogP) is 7.08. The molecule has 0 spiro atoms. The molecule has 1 saturated carbocycles. The molecule has 34 heavy (non-hydrogen) atoms. The molecule has 3 aromatic carbocycles. The second-order valence-corrected chi connectivity index (χ2v) is 9.23. The van der Waals surface area contributed by atoms with Crippen LogP contribution in [0.5, 0.6) is 0 Å². The van der Waals surface area contributed by atoms with Crippen LogP contribution in [0.4, 0.5) is 5.69 Å². The third kappa shape index (κ3) is 4.27. The van der Waals surface area contributed by atoms with Crippen LogP contribution in [0.2, 0.25) is 10.0 Å². The van der Waals surface area contributed by atoms with Gasteiger partial charge in [0.1, 0.15) is 5.82 Å². The van der Waals surface area contributed by atoms with Crippen LogP contribution in [0.1, 0.15) is 52.4 Å². The van der Waals surface area contributed by atoms with Gasteiger partial charge in [0.15, 0.2) is 0 Å². The van der Waals surface area contributed by atoms with Crippen LogP contribution in [0.25, 0.3) is 22.4 Å². The highest BCUT2D eigenvalue weighted by Gasteiger charge is 2.24. The lowest BCUT2D eigenvalue weighted by Crippen LogP contribution is -2.12. The van der Waals surface area contributed by atoms with Crippen molar-refractivity contribution in [3.63, 3.8) is 0 Å². The first kappa shape index (κ1) is 22.4. The molecule has 0 unspecified atom stereocenters. The summed E-state index contributed by atoms with van der Waals surface area (Å²) in [6.45, 7) is 0. The van der Waals surface area contributed by atoms with Gasteiger partial charge in [0.2, 0.25) is 0 Å². The highest BCUT2D eigenvalue weighted by molar-refractivity contribution is 6.42. The van der Waals surface area contributed by atoms with Crippen molar-refractivity contribution in [2.75, 3.05) is 5.32 Å². The monoisotopic (exact) mass is 493 g/mol. The molecular weight excluding hydrogens is 473 g/mol. The number of hydrogen-bond acceptors (Lipinski definition) is 3. The van der Waals surface area contributed by atoms with Crippen LogP contribution < -0.4 is 5.32 Å². The number of anilines is 1. The van der Waals surface area contributed by atoms with E-state index in [1.54, 1.807) is 42.5 Å². The first-order valence-corrected chi connectivity index (χ1v) is 11.8. The zero-order valence-corrected chi connectivity index (χ0v) is 19.6. The molecule has 1 aliphatic carbocycles. The number of carboxylic acids is 1. The molecule has 8 heteroatoms. The highest BCUT2D eigenvalue weighted by Crippen LogP contribution is 2.37. The molecule has 1 amide bonds. The van der Waals surface area contributed by atoms with Crippen LogP contribution in [0.15, 0.2) is 60.7 Å². The fraction of sp³-hybridized carbons (Fsp3) is 0.192. The van der Waals surface area contributed by atoms with E-state index in [1.165, 1.54) is 0 Å². The van der Waals surface area contributed by atoms with Gasteiger partial charge in [-0.25, -0.2) is 9.78 Å². The Bertz CT molecular complexity index is 1410. The van der Waals surface area contributed by atoms with Crippen LogP contribution in [-0.4, -0.2) is 26.5 Å². The summed E-state index contributed by atoms with van der Waals surface area (Å²) in [5.74, 6) is -0.461. The summed E-state index contributed by atoms with van der Waals surface area (Å²) in [5, 5.41) is 13.0. The van der Waals surface area contributed by atoms with Crippen molar-refractivity contribution in [1.82, 2.24) is 9.55 Å². The number of hydrogen-bond donors (Lipinski definition) is 2. The molecule has 1 heterocycles. The van der Waals surface area contributed by atoms with Gasteiger partial charge in [-0.3, -0.25) is 4.79 Å². The number of carboxylic acid groups (broad SMARTS) is 1. The number of amides is 1. The lowest BCUT2D eigenvalue weighted by atomic mass is 10.1. The van der Waals surface area contributed by atoms with Crippen molar-refractivity contribution >= 4 is 51.8 Å². The number of benzene rings is 3. The molecule has 0 bridgehead atoms. The Hall–Kier alpha value is -3.35. The Morgan fingerprint density at radius 3 is 2.29 bits per heavy atom. The molecule has 0 atom stereocenters. The minimum atomic E-state index is -0.976. The summed E-state index contributed by atoms with van der Waals surface area (Å²) in [6.07, 6.45) is 4.43. The standard InChI is InChI=1S/C26H21Cl2N3O3/c27-20-11-10-18(14-21(20)28)29-25(32)16-7-5-15(6-8-16)24-30-22-13-17(26(33)34)9-12-23(22)31(24)19-3-1-2-4-19/h5-14,19H,1-4H2,(H,29,32)(H,33,34). The summed E-state index contributed by atoms with van der Waals surface area (Å²) >= 11 is 12.0. The molecule has 5 rings (SSSR count). The van der Waals surface area contributed by atoms with Crippen LogP contribution in [0, 0.1) is 0 Å². The first-order chi connectivity index (χ1) is 16.4. The van der Waals surface area contributed by atoms with Crippen molar-refractivity contribution < 1.29 is 14.7 Å². The number of carbonyl (C=O) groups is 2. The fourth-order valence-electron chi connectivity index (χ4n) is 4.52. The Kier molecular flexibility index (Phi) is 6.02. The van der Waals surface area contributed by atoms with Crippen LogP contribution in [-0.2, 0) is 0 Å². The number of nitrogens with one attached hydrogen (secondary N) is 1. The normalized spacial score (nSPS) is 13.9. The molecule has 1 aromatic heterocycles. The van der Waals surface area contributed by atoms with Gasteiger partial charge in [-0.05, 0) is 61.4 Å². The fourth-order valence-corrected chi connectivity index (χ4v) is 4.81. The number of aromatic carboxylic acids is 1. The van der Waals surface area contributed by atoms with E-state index in [2.05, 4.69) is 9.88 Å². The molecule has 0 aliphatic heterocycles. The van der Waals surface area contributed by atoms with E-state index in [4.69, 9.17) is 28.2 Å². The van der Waals surface area contributed by atoms with Crippen molar-refractivity contribution in [3.05, 3.63) is 81.8 Å². The highest BCUT2D eigenvalue weighted by atomic mass is 35.5. The maximum Gasteiger partial charge on any atom is 0.335 e. The zero-order chi connectivity index (χ0) is 23.8. The van der Waals surface area contributed by atoms with Crippen molar-refractivity contribution in [1.29, 1.82) is 0 Å². The first-order valence-electron chi connectivity index (χ1n) is 11.0. The summed E-state index contributed by atoms with van der Waals surface area (Å²) < 4.78 is 2.22. The molecule has 4 aromatic rings. The minimum absolute atomic E-state index is 0.212. The second-order valence-electron chi connectivity index (χ2n) is 8.41. The molecule has 6 nitrogen and oxygen atoms in total. The van der Waals surface area contributed by atoms with E-state index in [1.807, 2.05) is 18.2 Å². The van der Waals surface area contributed by atoms with E-state index in [0.29, 0.717) is 32.9 Å². The number of imidazole rings is 1. The van der Waals surface area contributed by atoms with Crippen LogP contribution in [0.3, 0.4) is 0 Å². The smallest absolute Gasteiger partial charge is 0.335 e. The number of halogens is 2. The molecule has 0 radical (unpaired) electrons. The average molecular weight is 494 g/mol. The van der Waals surface area contributed by atoms with Gasteiger partial charge in [-0.15, -0.1) is 0 Å². The third-order valence-electron chi connectivity index (χ3n) is 6.21. The largest absolute Gasteiger partial charge is 0.478 e. The molecule has 1 aliphatic rings. The van der Waals surface area contributed by atoms with Crippen molar-refractivity contribution in [2.24, 2.45) is 0 Å². The van der Waals surface area contributed by atoms with Gasteiger partial charge in [0, 0.05) is 22.9 Å². The molecular formula is C26H21Cl2N3O3. The molecule has 172 valence electrons. The third-order valence-corrected chi connectivity index (χ3v) is 6.95. The number of nitrogens with zero attached hydrogens (tertiary/aromatic N) is 2. The minimum Gasteiger partial charge on any atom is -0.478 e.